The van der Waals surface area contributed by atoms with Gasteiger partial charge >= 0.3 is 0 Å². The molecule has 2 heterocycles. The fourth-order valence-corrected chi connectivity index (χ4v) is 3.26. The molecule has 0 aliphatic heterocycles. The van der Waals surface area contributed by atoms with E-state index in [9.17, 15) is 0 Å². The SMILES string of the molecule is CCC(NC(C)c1cc(Br)cs1)c1ncc[nH]1. The first-order valence-electron chi connectivity index (χ1n) is 5.70. The Morgan fingerprint density at radius 3 is 2.94 bits per heavy atom. The van der Waals surface area contributed by atoms with Gasteiger partial charge in [0.25, 0.3) is 0 Å². The topological polar surface area (TPSA) is 40.7 Å². The molecule has 2 rings (SSSR count). The van der Waals surface area contributed by atoms with Crippen LogP contribution in [0.15, 0.2) is 28.3 Å². The average Bonchev–Trinajstić information content (AvgIpc) is 2.96. The second kappa shape index (κ2) is 5.80. The largest absolute Gasteiger partial charge is 0.347 e. The van der Waals surface area contributed by atoms with E-state index in [1.54, 1.807) is 17.5 Å². The molecule has 0 aliphatic rings. The molecule has 2 aromatic heterocycles. The molecule has 0 spiro atoms. The second-order valence-electron chi connectivity index (χ2n) is 3.99. The Morgan fingerprint density at radius 1 is 1.59 bits per heavy atom. The van der Waals surface area contributed by atoms with Crippen molar-refractivity contribution in [2.24, 2.45) is 0 Å². The predicted molar refractivity (Wildman–Crippen MR) is 75.2 cm³/mol. The third-order valence-electron chi connectivity index (χ3n) is 2.72. The van der Waals surface area contributed by atoms with Gasteiger partial charge in [0, 0.05) is 33.2 Å². The Hall–Kier alpha value is -0.650. The van der Waals surface area contributed by atoms with Crippen LogP contribution in [0.25, 0.3) is 0 Å². The molecule has 0 aliphatic carbocycles. The third-order valence-corrected chi connectivity index (χ3v) is 4.60. The number of hydrogen-bond acceptors (Lipinski definition) is 3. The van der Waals surface area contributed by atoms with Crippen molar-refractivity contribution in [2.75, 3.05) is 0 Å². The molecule has 2 unspecified atom stereocenters. The zero-order valence-electron chi connectivity index (χ0n) is 9.90. The maximum atomic E-state index is 4.32. The lowest BCUT2D eigenvalue weighted by Crippen LogP contribution is -2.24. The highest BCUT2D eigenvalue weighted by molar-refractivity contribution is 9.10. The summed E-state index contributed by atoms with van der Waals surface area (Å²) < 4.78 is 1.15. The van der Waals surface area contributed by atoms with E-state index in [1.165, 1.54) is 4.88 Å². The summed E-state index contributed by atoms with van der Waals surface area (Å²) in [5.41, 5.74) is 0. The van der Waals surface area contributed by atoms with Crippen LogP contribution in [0.2, 0.25) is 0 Å². The van der Waals surface area contributed by atoms with E-state index >= 15 is 0 Å². The van der Waals surface area contributed by atoms with Crippen LogP contribution in [-0.2, 0) is 0 Å². The summed E-state index contributed by atoms with van der Waals surface area (Å²) in [5.74, 6) is 1.01. The Bertz CT molecular complexity index is 452. The minimum atomic E-state index is 0.279. The second-order valence-corrected chi connectivity index (χ2v) is 5.85. The number of rotatable bonds is 5. The van der Waals surface area contributed by atoms with Crippen LogP contribution in [0.5, 0.6) is 0 Å². The number of aromatic nitrogens is 2. The number of imidazole rings is 1. The van der Waals surface area contributed by atoms with Crippen LogP contribution in [-0.4, -0.2) is 9.97 Å². The van der Waals surface area contributed by atoms with Crippen molar-refractivity contribution in [2.45, 2.75) is 32.4 Å². The van der Waals surface area contributed by atoms with Gasteiger partial charge in [-0.05, 0) is 35.3 Å². The Kier molecular flexibility index (Phi) is 4.36. The van der Waals surface area contributed by atoms with E-state index in [-0.39, 0.29) is 6.04 Å². The molecule has 0 fully saturated rings. The Morgan fingerprint density at radius 2 is 2.41 bits per heavy atom. The summed E-state index contributed by atoms with van der Waals surface area (Å²) in [6.45, 7) is 4.35. The number of aromatic amines is 1. The van der Waals surface area contributed by atoms with Crippen molar-refractivity contribution in [3.63, 3.8) is 0 Å². The highest BCUT2D eigenvalue weighted by Crippen LogP contribution is 2.27. The van der Waals surface area contributed by atoms with Gasteiger partial charge in [-0.2, -0.15) is 0 Å². The molecule has 0 radical (unpaired) electrons. The van der Waals surface area contributed by atoms with Gasteiger partial charge in [0.15, 0.2) is 0 Å². The molecule has 2 aromatic rings. The molecule has 5 heteroatoms. The molecule has 0 aromatic carbocycles. The minimum absolute atomic E-state index is 0.279. The summed E-state index contributed by atoms with van der Waals surface area (Å²) in [7, 11) is 0. The van der Waals surface area contributed by atoms with E-state index in [4.69, 9.17) is 0 Å². The highest BCUT2D eigenvalue weighted by atomic mass is 79.9. The summed E-state index contributed by atoms with van der Waals surface area (Å²) in [6.07, 6.45) is 4.68. The van der Waals surface area contributed by atoms with Gasteiger partial charge in [0.2, 0.25) is 0 Å². The molecule has 3 nitrogen and oxygen atoms in total. The fourth-order valence-electron chi connectivity index (χ4n) is 1.80. The van der Waals surface area contributed by atoms with E-state index in [0.29, 0.717) is 6.04 Å². The maximum absolute atomic E-state index is 4.32. The lowest BCUT2D eigenvalue weighted by Gasteiger charge is -2.19. The van der Waals surface area contributed by atoms with Crippen molar-refractivity contribution >= 4 is 27.3 Å². The Balaban J connectivity index is 2.04. The van der Waals surface area contributed by atoms with Crippen molar-refractivity contribution in [3.8, 4) is 0 Å². The number of H-pyrrole nitrogens is 1. The lowest BCUT2D eigenvalue weighted by atomic mass is 10.1. The van der Waals surface area contributed by atoms with Crippen LogP contribution >= 0.6 is 27.3 Å². The molecule has 92 valence electrons. The van der Waals surface area contributed by atoms with E-state index in [2.05, 4.69) is 56.5 Å². The first-order chi connectivity index (χ1) is 8.20. The van der Waals surface area contributed by atoms with Gasteiger partial charge in [-0.15, -0.1) is 11.3 Å². The third kappa shape index (κ3) is 3.18. The number of halogens is 1. The molecule has 2 N–H and O–H groups in total. The minimum Gasteiger partial charge on any atom is -0.347 e. The monoisotopic (exact) mass is 313 g/mol. The molecule has 0 bridgehead atoms. The number of nitrogens with one attached hydrogen (secondary N) is 2. The quantitative estimate of drug-likeness (QED) is 0.874. The average molecular weight is 314 g/mol. The standard InChI is InChI=1S/C12H16BrN3S/c1-3-10(12-14-4-5-15-12)16-8(2)11-6-9(13)7-17-11/h4-8,10,16H,3H2,1-2H3,(H,14,15). The Labute approximate surface area is 114 Å². The summed E-state index contributed by atoms with van der Waals surface area (Å²) >= 11 is 5.25. The van der Waals surface area contributed by atoms with E-state index in [0.717, 1.165) is 16.7 Å². The molecule has 2 atom stereocenters. The molecule has 17 heavy (non-hydrogen) atoms. The fraction of sp³-hybridized carbons (Fsp3) is 0.417. The smallest absolute Gasteiger partial charge is 0.123 e. The van der Waals surface area contributed by atoms with Crippen LogP contribution in [0.1, 0.15) is 43.1 Å². The first kappa shape index (κ1) is 12.8. The van der Waals surface area contributed by atoms with E-state index < -0.39 is 0 Å². The zero-order valence-corrected chi connectivity index (χ0v) is 12.3. The molecule has 0 saturated heterocycles. The number of thiophene rings is 1. The molecule has 0 amide bonds. The lowest BCUT2D eigenvalue weighted by molar-refractivity contribution is 0.445. The van der Waals surface area contributed by atoms with Gasteiger partial charge in [-0.1, -0.05) is 6.92 Å². The summed E-state index contributed by atoms with van der Waals surface area (Å²) in [6, 6.07) is 2.78. The van der Waals surface area contributed by atoms with Gasteiger partial charge in [-0.3, -0.25) is 5.32 Å². The van der Waals surface area contributed by atoms with Crippen LogP contribution in [0.3, 0.4) is 0 Å². The number of nitrogens with zero attached hydrogens (tertiary/aromatic N) is 1. The van der Waals surface area contributed by atoms with Crippen molar-refractivity contribution in [3.05, 3.63) is 39.0 Å². The summed E-state index contributed by atoms with van der Waals surface area (Å²) in [5, 5.41) is 5.71. The van der Waals surface area contributed by atoms with Gasteiger partial charge in [0.1, 0.15) is 5.82 Å². The van der Waals surface area contributed by atoms with Gasteiger partial charge in [-0.25, -0.2) is 4.98 Å². The maximum Gasteiger partial charge on any atom is 0.123 e. The molecule has 0 saturated carbocycles. The predicted octanol–water partition coefficient (Wildman–Crippen LogP) is 4.04. The van der Waals surface area contributed by atoms with Crippen LogP contribution in [0, 0.1) is 0 Å². The molecular formula is C12H16BrN3S. The highest BCUT2D eigenvalue weighted by Gasteiger charge is 2.16. The zero-order chi connectivity index (χ0) is 12.3. The van der Waals surface area contributed by atoms with Crippen LogP contribution in [0.4, 0.5) is 0 Å². The molecular weight excluding hydrogens is 298 g/mol. The van der Waals surface area contributed by atoms with Gasteiger partial charge < -0.3 is 4.98 Å². The summed E-state index contributed by atoms with van der Waals surface area (Å²) in [4.78, 5) is 8.82. The first-order valence-corrected chi connectivity index (χ1v) is 7.37. The van der Waals surface area contributed by atoms with Crippen molar-refractivity contribution < 1.29 is 0 Å². The van der Waals surface area contributed by atoms with Crippen molar-refractivity contribution in [1.29, 1.82) is 0 Å². The number of hydrogen-bond donors (Lipinski definition) is 2. The van der Waals surface area contributed by atoms with Crippen LogP contribution < -0.4 is 5.32 Å². The van der Waals surface area contributed by atoms with Gasteiger partial charge in [0.05, 0.1) is 6.04 Å². The normalized spacial score (nSPS) is 14.8. The van der Waals surface area contributed by atoms with E-state index in [1.807, 2.05) is 6.20 Å². The van der Waals surface area contributed by atoms with Crippen molar-refractivity contribution in [1.82, 2.24) is 15.3 Å².